The fourth-order valence-corrected chi connectivity index (χ4v) is 4.54. The normalized spacial score (nSPS) is 13.0. The van der Waals surface area contributed by atoms with Gasteiger partial charge in [0.25, 0.3) is 0 Å². The van der Waals surface area contributed by atoms with Crippen LogP contribution in [0.3, 0.4) is 0 Å². The molecule has 2 amide bonds. The van der Waals surface area contributed by atoms with E-state index in [-0.39, 0.29) is 13.0 Å². The Morgan fingerprint density at radius 3 is 2.02 bits per heavy atom. The number of aliphatic hydroxyl groups excluding tert-OH is 1. The summed E-state index contributed by atoms with van der Waals surface area (Å²) in [6.07, 6.45) is 1.45. The second kappa shape index (κ2) is 14.5. The van der Waals surface area contributed by atoms with Crippen LogP contribution >= 0.6 is 0 Å². The molecule has 0 spiro atoms. The molecule has 8 heteroatoms. The van der Waals surface area contributed by atoms with Gasteiger partial charge < -0.3 is 25.6 Å². The zero-order valence-electron chi connectivity index (χ0n) is 22.0. The number of hydrogen-bond donors (Lipinski definition) is 4. The van der Waals surface area contributed by atoms with Gasteiger partial charge >= 0.3 is 12.2 Å². The molecule has 206 valence electrons. The minimum Gasteiger partial charge on any atom is -0.465 e. The number of rotatable bonds is 12. The standard InChI is InChI=1S/C32H33N3O5/c36-30(29(35-31(37)38)19-23-8-3-1-4-9-23)20-28(34-32(39)40-22-25-10-5-2-6-11-25)18-24-13-15-26(16-14-24)27-12-7-17-33-21-27/h1-17,21,28-30,35-36H,18-20,22H2,(H,34,39)(H,37,38)/t28-,29-,30+/m0/s1. The number of carbonyl (C=O) groups excluding carboxylic acids is 1. The molecular weight excluding hydrogens is 506 g/mol. The summed E-state index contributed by atoms with van der Waals surface area (Å²) in [5, 5.41) is 25.9. The first-order valence-corrected chi connectivity index (χ1v) is 13.1. The average molecular weight is 540 g/mol. The third kappa shape index (κ3) is 8.96. The lowest BCUT2D eigenvalue weighted by molar-refractivity contribution is 0.0955. The maximum Gasteiger partial charge on any atom is 0.407 e. The lowest BCUT2D eigenvalue weighted by Gasteiger charge is -2.27. The predicted octanol–water partition coefficient (Wildman–Crippen LogP) is 5.22. The van der Waals surface area contributed by atoms with E-state index in [4.69, 9.17) is 4.74 Å². The van der Waals surface area contributed by atoms with Crippen molar-refractivity contribution in [2.45, 2.75) is 44.1 Å². The van der Waals surface area contributed by atoms with Crippen LogP contribution in [0.25, 0.3) is 11.1 Å². The number of amides is 2. The van der Waals surface area contributed by atoms with Crippen LogP contribution < -0.4 is 10.6 Å². The number of aliphatic hydroxyl groups is 1. The predicted molar refractivity (Wildman–Crippen MR) is 153 cm³/mol. The fraction of sp³-hybridized carbons (Fsp3) is 0.219. The van der Waals surface area contributed by atoms with Crippen molar-refractivity contribution in [3.63, 3.8) is 0 Å². The maximum absolute atomic E-state index is 12.7. The van der Waals surface area contributed by atoms with Crippen LogP contribution in [0.5, 0.6) is 0 Å². The van der Waals surface area contributed by atoms with Crippen LogP contribution in [-0.4, -0.2) is 45.6 Å². The molecule has 0 saturated heterocycles. The topological polar surface area (TPSA) is 121 Å². The third-order valence-corrected chi connectivity index (χ3v) is 6.56. The summed E-state index contributed by atoms with van der Waals surface area (Å²) < 4.78 is 5.43. The van der Waals surface area contributed by atoms with E-state index < -0.39 is 30.4 Å². The Kier molecular flexibility index (Phi) is 10.2. The number of aromatic nitrogens is 1. The summed E-state index contributed by atoms with van der Waals surface area (Å²) in [6, 6.07) is 29.2. The van der Waals surface area contributed by atoms with Gasteiger partial charge in [0.1, 0.15) is 6.61 Å². The Labute approximate surface area is 233 Å². The number of pyridine rings is 1. The minimum absolute atomic E-state index is 0.110. The molecule has 0 radical (unpaired) electrons. The highest BCUT2D eigenvalue weighted by molar-refractivity contribution is 5.68. The minimum atomic E-state index is -1.22. The van der Waals surface area contributed by atoms with Crippen molar-refractivity contribution in [2.75, 3.05) is 0 Å². The van der Waals surface area contributed by atoms with Gasteiger partial charge in [-0.1, -0.05) is 91.0 Å². The van der Waals surface area contributed by atoms with Gasteiger partial charge in [0.05, 0.1) is 12.1 Å². The lowest BCUT2D eigenvalue weighted by atomic mass is 9.93. The van der Waals surface area contributed by atoms with Crippen molar-refractivity contribution in [3.05, 3.63) is 126 Å². The van der Waals surface area contributed by atoms with Crippen LogP contribution in [0.1, 0.15) is 23.1 Å². The Morgan fingerprint density at radius 2 is 1.40 bits per heavy atom. The van der Waals surface area contributed by atoms with Crippen LogP contribution in [0.4, 0.5) is 9.59 Å². The number of alkyl carbamates (subject to hydrolysis) is 1. The van der Waals surface area contributed by atoms with Gasteiger partial charge in [-0.15, -0.1) is 0 Å². The smallest absolute Gasteiger partial charge is 0.407 e. The quantitative estimate of drug-likeness (QED) is 0.196. The van der Waals surface area contributed by atoms with E-state index in [0.29, 0.717) is 12.8 Å². The van der Waals surface area contributed by atoms with E-state index in [0.717, 1.165) is 27.8 Å². The number of nitrogens with one attached hydrogen (secondary N) is 2. The number of ether oxygens (including phenoxy) is 1. The van der Waals surface area contributed by atoms with Crippen LogP contribution in [0, 0.1) is 0 Å². The van der Waals surface area contributed by atoms with Crippen LogP contribution in [0.15, 0.2) is 109 Å². The number of benzene rings is 3. The van der Waals surface area contributed by atoms with E-state index in [1.54, 1.807) is 12.4 Å². The van der Waals surface area contributed by atoms with Crippen LogP contribution in [0.2, 0.25) is 0 Å². The molecule has 4 N–H and O–H groups in total. The van der Waals surface area contributed by atoms with Gasteiger partial charge in [-0.05, 0) is 53.1 Å². The average Bonchev–Trinajstić information content (AvgIpc) is 2.97. The van der Waals surface area contributed by atoms with Gasteiger partial charge in [0.15, 0.2) is 0 Å². The monoisotopic (exact) mass is 539 g/mol. The molecule has 0 aliphatic rings. The molecule has 3 atom stereocenters. The van der Waals surface area contributed by atoms with Crippen molar-refractivity contribution < 1.29 is 24.5 Å². The number of carbonyl (C=O) groups is 2. The first-order valence-electron chi connectivity index (χ1n) is 13.1. The zero-order valence-corrected chi connectivity index (χ0v) is 22.0. The molecule has 0 fully saturated rings. The van der Waals surface area contributed by atoms with Crippen molar-refractivity contribution in [2.24, 2.45) is 0 Å². The Hall–Kier alpha value is -4.69. The molecule has 1 aromatic heterocycles. The SMILES string of the molecule is O=C(O)N[C@@H](Cc1ccccc1)[C@H](O)C[C@H](Cc1ccc(-c2cccnc2)cc1)NC(=O)OCc1ccccc1. The van der Waals surface area contributed by atoms with Gasteiger partial charge in [-0.2, -0.15) is 0 Å². The van der Waals surface area contributed by atoms with E-state index >= 15 is 0 Å². The molecule has 0 aliphatic carbocycles. The first-order chi connectivity index (χ1) is 19.5. The summed E-state index contributed by atoms with van der Waals surface area (Å²) in [4.78, 5) is 28.4. The molecule has 4 rings (SSSR count). The van der Waals surface area contributed by atoms with Crippen molar-refractivity contribution in [3.8, 4) is 11.1 Å². The highest BCUT2D eigenvalue weighted by Gasteiger charge is 2.26. The van der Waals surface area contributed by atoms with Gasteiger partial charge in [0.2, 0.25) is 0 Å². The molecule has 0 saturated carbocycles. The van der Waals surface area contributed by atoms with Gasteiger partial charge in [-0.3, -0.25) is 4.98 Å². The summed E-state index contributed by atoms with van der Waals surface area (Å²) in [5.41, 5.74) is 4.69. The van der Waals surface area contributed by atoms with Gasteiger partial charge in [0, 0.05) is 18.4 Å². The molecule has 4 aromatic rings. The summed E-state index contributed by atoms with van der Waals surface area (Å²) >= 11 is 0. The Bertz CT molecular complexity index is 1340. The third-order valence-electron chi connectivity index (χ3n) is 6.56. The number of hydrogen-bond acceptors (Lipinski definition) is 5. The van der Waals surface area contributed by atoms with Gasteiger partial charge in [-0.25, -0.2) is 9.59 Å². The summed E-state index contributed by atoms with van der Waals surface area (Å²) in [5.74, 6) is 0. The van der Waals surface area contributed by atoms with E-state index in [9.17, 15) is 19.8 Å². The molecule has 8 nitrogen and oxygen atoms in total. The Morgan fingerprint density at radius 1 is 0.750 bits per heavy atom. The molecule has 0 unspecified atom stereocenters. The largest absolute Gasteiger partial charge is 0.465 e. The molecule has 0 aliphatic heterocycles. The second-order valence-corrected chi connectivity index (χ2v) is 9.59. The van der Waals surface area contributed by atoms with E-state index in [2.05, 4.69) is 15.6 Å². The van der Waals surface area contributed by atoms with Crippen molar-refractivity contribution >= 4 is 12.2 Å². The first kappa shape index (κ1) is 28.3. The molecule has 40 heavy (non-hydrogen) atoms. The molecule has 1 heterocycles. The fourth-order valence-electron chi connectivity index (χ4n) is 4.54. The van der Waals surface area contributed by atoms with Crippen molar-refractivity contribution in [1.29, 1.82) is 0 Å². The van der Waals surface area contributed by atoms with E-state index in [1.807, 2.05) is 97.1 Å². The second-order valence-electron chi connectivity index (χ2n) is 9.59. The van der Waals surface area contributed by atoms with Crippen molar-refractivity contribution in [1.82, 2.24) is 15.6 Å². The number of nitrogens with zero attached hydrogens (tertiary/aromatic N) is 1. The summed E-state index contributed by atoms with van der Waals surface area (Å²) in [6.45, 7) is 0.110. The van der Waals surface area contributed by atoms with E-state index in [1.165, 1.54) is 0 Å². The highest BCUT2D eigenvalue weighted by Crippen LogP contribution is 2.20. The Balaban J connectivity index is 1.47. The molecule has 0 bridgehead atoms. The van der Waals surface area contributed by atoms with Crippen LogP contribution in [-0.2, 0) is 24.2 Å². The highest BCUT2D eigenvalue weighted by atomic mass is 16.5. The lowest BCUT2D eigenvalue weighted by Crippen LogP contribution is -2.48. The molecule has 3 aromatic carbocycles. The zero-order chi connectivity index (χ0) is 28.2. The maximum atomic E-state index is 12.7. The molecular formula is C32H33N3O5. The number of carboxylic acid groups (broad SMARTS) is 1. The summed E-state index contributed by atoms with van der Waals surface area (Å²) in [7, 11) is 0.